The van der Waals surface area contributed by atoms with Crippen LogP contribution in [0.25, 0.3) is 0 Å². The van der Waals surface area contributed by atoms with Crippen LogP contribution in [0.3, 0.4) is 0 Å². The standard InChI is InChI=1S/C11H18BrN3O/c1-7-9(6-13-15(7)5)10(16)14-11(3,4)8(2)12/h6,8H,1-5H3,(H,14,16). The van der Waals surface area contributed by atoms with Gasteiger partial charge in [-0.25, -0.2) is 0 Å². The number of amides is 1. The van der Waals surface area contributed by atoms with Gasteiger partial charge in [0.15, 0.2) is 0 Å². The second kappa shape index (κ2) is 4.57. The molecule has 0 saturated heterocycles. The number of carbonyl (C=O) groups is 1. The molecule has 1 amide bonds. The molecule has 1 heterocycles. The summed E-state index contributed by atoms with van der Waals surface area (Å²) in [6, 6.07) is 0. The lowest BCUT2D eigenvalue weighted by atomic mass is 10.0. The summed E-state index contributed by atoms with van der Waals surface area (Å²) in [6.45, 7) is 7.86. The Bertz CT molecular complexity index is 396. The van der Waals surface area contributed by atoms with Gasteiger partial charge < -0.3 is 5.32 Å². The highest BCUT2D eigenvalue weighted by Crippen LogP contribution is 2.18. The molecule has 0 aliphatic rings. The topological polar surface area (TPSA) is 46.9 Å². The predicted octanol–water partition coefficient (Wildman–Crippen LogP) is 2.02. The Balaban J connectivity index is 2.85. The van der Waals surface area contributed by atoms with Crippen LogP contribution in [0, 0.1) is 6.92 Å². The van der Waals surface area contributed by atoms with E-state index in [9.17, 15) is 4.79 Å². The fourth-order valence-electron chi connectivity index (χ4n) is 1.18. The van der Waals surface area contributed by atoms with Crippen molar-refractivity contribution in [1.29, 1.82) is 0 Å². The lowest BCUT2D eigenvalue weighted by Gasteiger charge is -2.29. The molecule has 0 saturated carbocycles. The van der Waals surface area contributed by atoms with Crippen molar-refractivity contribution in [3.8, 4) is 0 Å². The van der Waals surface area contributed by atoms with Gasteiger partial charge in [0, 0.05) is 23.1 Å². The Morgan fingerprint density at radius 1 is 1.62 bits per heavy atom. The molecule has 16 heavy (non-hydrogen) atoms. The Labute approximate surface area is 105 Å². The van der Waals surface area contributed by atoms with E-state index in [2.05, 4.69) is 26.3 Å². The van der Waals surface area contributed by atoms with Crippen molar-refractivity contribution >= 4 is 21.8 Å². The molecule has 0 spiro atoms. The molecule has 1 aromatic heterocycles. The maximum atomic E-state index is 12.0. The Morgan fingerprint density at radius 2 is 2.19 bits per heavy atom. The molecule has 1 rings (SSSR count). The number of rotatable bonds is 3. The van der Waals surface area contributed by atoms with Crippen LogP contribution in [-0.2, 0) is 7.05 Å². The highest BCUT2D eigenvalue weighted by molar-refractivity contribution is 9.09. The van der Waals surface area contributed by atoms with E-state index in [4.69, 9.17) is 0 Å². The average molecular weight is 288 g/mol. The van der Waals surface area contributed by atoms with Crippen molar-refractivity contribution in [3.05, 3.63) is 17.5 Å². The summed E-state index contributed by atoms with van der Waals surface area (Å²) in [5.41, 5.74) is 1.21. The molecule has 0 radical (unpaired) electrons. The lowest BCUT2D eigenvalue weighted by Crippen LogP contribution is -2.48. The second-order valence-electron chi connectivity index (χ2n) is 4.56. The van der Waals surface area contributed by atoms with Crippen molar-refractivity contribution in [1.82, 2.24) is 15.1 Å². The molecular weight excluding hydrogens is 270 g/mol. The highest BCUT2D eigenvalue weighted by atomic mass is 79.9. The van der Waals surface area contributed by atoms with Gasteiger partial charge >= 0.3 is 0 Å². The number of nitrogens with zero attached hydrogens (tertiary/aromatic N) is 2. The van der Waals surface area contributed by atoms with E-state index in [1.165, 1.54) is 0 Å². The molecule has 90 valence electrons. The molecule has 1 unspecified atom stereocenters. The smallest absolute Gasteiger partial charge is 0.255 e. The van der Waals surface area contributed by atoms with Gasteiger partial charge in [-0.1, -0.05) is 22.9 Å². The van der Waals surface area contributed by atoms with Crippen LogP contribution in [0.5, 0.6) is 0 Å². The van der Waals surface area contributed by atoms with E-state index >= 15 is 0 Å². The minimum Gasteiger partial charge on any atom is -0.346 e. The summed E-state index contributed by atoms with van der Waals surface area (Å²) in [5, 5.41) is 7.04. The molecule has 0 fully saturated rings. The van der Waals surface area contributed by atoms with Gasteiger partial charge in [-0.05, 0) is 20.8 Å². The Morgan fingerprint density at radius 3 is 2.56 bits per heavy atom. The fraction of sp³-hybridized carbons (Fsp3) is 0.636. The summed E-state index contributed by atoms with van der Waals surface area (Å²) in [6.07, 6.45) is 1.60. The predicted molar refractivity (Wildman–Crippen MR) is 67.9 cm³/mol. The van der Waals surface area contributed by atoms with E-state index in [-0.39, 0.29) is 16.3 Å². The normalized spacial score (nSPS) is 13.6. The third kappa shape index (κ3) is 2.64. The minimum atomic E-state index is -0.292. The first kappa shape index (κ1) is 13.2. The summed E-state index contributed by atoms with van der Waals surface area (Å²) in [7, 11) is 1.82. The van der Waals surface area contributed by atoms with Crippen molar-refractivity contribution in [2.75, 3.05) is 0 Å². The van der Waals surface area contributed by atoms with Crippen LogP contribution >= 0.6 is 15.9 Å². The fourth-order valence-corrected chi connectivity index (χ4v) is 1.30. The maximum absolute atomic E-state index is 12.0. The minimum absolute atomic E-state index is 0.0816. The number of hydrogen-bond donors (Lipinski definition) is 1. The number of halogens is 1. The first-order valence-corrected chi connectivity index (χ1v) is 6.12. The number of carbonyl (C=O) groups excluding carboxylic acids is 1. The molecule has 0 aromatic carbocycles. The number of hydrogen-bond acceptors (Lipinski definition) is 2. The van der Waals surface area contributed by atoms with E-state index < -0.39 is 0 Å². The molecular formula is C11H18BrN3O. The van der Waals surface area contributed by atoms with Crippen molar-refractivity contribution in [2.45, 2.75) is 38.1 Å². The van der Waals surface area contributed by atoms with E-state index in [0.29, 0.717) is 5.56 Å². The molecule has 1 N–H and O–H groups in total. The van der Waals surface area contributed by atoms with Crippen LogP contribution in [0.4, 0.5) is 0 Å². The summed E-state index contributed by atoms with van der Waals surface area (Å²) in [5.74, 6) is -0.0816. The Kier molecular flexibility index (Phi) is 3.78. The molecule has 0 bridgehead atoms. The summed E-state index contributed by atoms with van der Waals surface area (Å²) in [4.78, 5) is 12.2. The first-order chi connectivity index (χ1) is 7.25. The molecule has 0 aliphatic heterocycles. The third-order valence-corrected chi connectivity index (χ3v) is 4.05. The van der Waals surface area contributed by atoms with Gasteiger partial charge in [-0.3, -0.25) is 9.48 Å². The second-order valence-corrected chi connectivity index (χ2v) is 5.93. The average Bonchev–Trinajstić information content (AvgIpc) is 2.46. The van der Waals surface area contributed by atoms with Gasteiger partial charge in [0.25, 0.3) is 5.91 Å². The van der Waals surface area contributed by atoms with Crippen molar-refractivity contribution in [3.63, 3.8) is 0 Å². The van der Waals surface area contributed by atoms with Crippen LogP contribution in [0.1, 0.15) is 36.8 Å². The van der Waals surface area contributed by atoms with Gasteiger partial charge in [-0.15, -0.1) is 0 Å². The zero-order valence-corrected chi connectivity index (χ0v) is 11.9. The summed E-state index contributed by atoms with van der Waals surface area (Å²) < 4.78 is 1.69. The van der Waals surface area contributed by atoms with Gasteiger partial charge in [0.05, 0.1) is 11.8 Å². The molecule has 4 nitrogen and oxygen atoms in total. The SMILES string of the molecule is Cc1c(C(=O)NC(C)(C)C(C)Br)cnn1C. The molecule has 1 atom stereocenters. The molecule has 5 heteroatoms. The van der Waals surface area contributed by atoms with E-state index in [1.54, 1.807) is 10.9 Å². The third-order valence-electron chi connectivity index (χ3n) is 2.91. The first-order valence-electron chi connectivity index (χ1n) is 5.21. The van der Waals surface area contributed by atoms with E-state index in [1.807, 2.05) is 34.7 Å². The summed E-state index contributed by atoms with van der Waals surface area (Å²) >= 11 is 3.49. The van der Waals surface area contributed by atoms with Crippen LogP contribution < -0.4 is 5.32 Å². The van der Waals surface area contributed by atoms with Crippen molar-refractivity contribution < 1.29 is 4.79 Å². The zero-order chi connectivity index (χ0) is 12.5. The number of aromatic nitrogens is 2. The van der Waals surface area contributed by atoms with Gasteiger partial charge in [0.2, 0.25) is 0 Å². The van der Waals surface area contributed by atoms with Gasteiger partial charge in [0.1, 0.15) is 0 Å². The lowest BCUT2D eigenvalue weighted by molar-refractivity contribution is 0.0913. The van der Waals surface area contributed by atoms with Crippen LogP contribution in [0.15, 0.2) is 6.20 Å². The highest BCUT2D eigenvalue weighted by Gasteiger charge is 2.27. The van der Waals surface area contributed by atoms with E-state index in [0.717, 1.165) is 5.69 Å². The Hall–Kier alpha value is -0.840. The van der Waals surface area contributed by atoms with Crippen LogP contribution in [-0.4, -0.2) is 26.1 Å². The molecule has 1 aromatic rings. The number of alkyl halides is 1. The maximum Gasteiger partial charge on any atom is 0.255 e. The van der Waals surface area contributed by atoms with Crippen molar-refractivity contribution in [2.24, 2.45) is 7.05 Å². The monoisotopic (exact) mass is 287 g/mol. The number of nitrogens with one attached hydrogen (secondary N) is 1. The molecule has 0 aliphatic carbocycles. The zero-order valence-electron chi connectivity index (χ0n) is 10.3. The van der Waals surface area contributed by atoms with Crippen LogP contribution in [0.2, 0.25) is 0 Å². The number of aryl methyl sites for hydroxylation is 1. The largest absolute Gasteiger partial charge is 0.346 e. The quantitative estimate of drug-likeness (QED) is 0.865. The van der Waals surface area contributed by atoms with Gasteiger partial charge in [-0.2, -0.15) is 5.10 Å².